The zero-order chi connectivity index (χ0) is 19.8. The molecule has 1 fully saturated rings. The van der Waals surface area contributed by atoms with Crippen LogP contribution in [0.15, 0.2) is 36.4 Å². The van der Waals surface area contributed by atoms with E-state index in [4.69, 9.17) is 0 Å². The Kier molecular flexibility index (Phi) is 6.57. The minimum absolute atomic E-state index is 0. The Labute approximate surface area is 179 Å². The lowest BCUT2D eigenvalue weighted by Crippen LogP contribution is -2.47. The lowest BCUT2D eigenvalue weighted by atomic mass is 10.0. The summed E-state index contributed by atoms with van der Waals surface area (Å²) in [5.41, 5.74) is 8.54. The Morgan fingerprint density at radius 1 is 1.00 bits per heavy atom. The van der Waals surface area contributed by atoms with E-state index in [1.165, 1.54) is 22.4 Å². The smallest absolute Gasteiger partial charge is 0.0940 e. The van der Waals surface area contributed by atoms with Crippen LogP contribution in [-0.2, 0) is 0 Å². The first-order valence-electron chi connectivity index (χ1n) is 10.2. The van der Waals surface area contributed by atoms with Gasteiger partial charge in [-0.05, 0) is 56.5 Å². The van der Waals surface area contributed by atoms with E-state index in [2.05, 4.69) is 78.9 Å². The zero-order valence-electron chi connectivity index (χ0n) is 17.8. The van der Waals surface area contributed by atoms with Gasteiger partial charge in [-0.15, -0.1) is 12.4 Å². The number of benzene rings is 2. The summed E-state index contributed by atoms with van der Waals surface area (Å²) in [4.78, 5) is 8.30. The van der Waals surface area contributed by atoms with Crippen molar-refractivity contribution in [2.45, 2.75) is 33.8 Å². The number of H-pyrrole nitrogens is 1. The van der Waals surface area contributed by atoms with Crippen molar-refractivity contribution in [3.05, 3.63) is 64.3 Å². The number of nitrogens with zero attached hydrogens (tertiary/aromatic N) is 2. The van der Waals surface area contributed by atoms with Gasteiger partial charge < -0.3 is 15.0 Å². The topological polar surface area (TPSA) is 42.5 Å². The summed E-state index contributed by atoms with van der Waals surface area (Å²) in [5.74, 6) is 0. The van der Waals surface area contributed by atoms with Gasteiger partial charge in [0.2, 0.25) is 0 Å². The Bertz CT molecular complexity index is 989. The maximum Gasteiger partial charge on any atom is 0.0940 e. The molecule has 29 heavy (non-hydrogen) atoms. The average Bonchev–Trinajstić information content (AvgIpc) is 2.99. The molecule has 0 saturated carbocycles. The fourth-order valence-corrected chi connectivity index (χ4v) is 4.48. The standard InChI is InChI=1S/C24H31N3O.ClH/c1-16-8-9-20-21(14-16)25-19(4)24(20)23(28)15-26-10-12-27(13-11-26)22-7-5-6-17(2)18(22)3;/h5-9,14,23,25,28H,10-13,15H2,1-4H3;1H. The largest absolute Gasteiger partial charge is 0.387 e. The third-order valence-electron chi connectivity index (χ3n) is 6.24. The lowest BCUT2D eigenvalue weighted by molar-refractivity contribution is 0.110. The molecule has 1 aliphatic rings. The molecule has 1 aromatic heterocycles. The van der Waals surface area contributed by atoms with Crippen LogP contribution in [0.2, 0.25) is 0 Å². The molecular weight excluding hydrogens is 382 g/mol. The summed E-state index contributed by atoms with van der Waals surface area (Å²) in [6, 6.07) is 13.0. The van der Waals surface area contributed by atoms with Crippen molar-refractivity contribution >= 4 is 29.0 Å². The molecule has 1 aliphatic heterocycles. The molecule has 5 heteroatoms. The molecule has 1 unspecified atom stereocenters. The fraction of sp³-hybridized carbons (Fsp3) is 0.417. The number of nitrogens with one attached hydrogen (secondary N) is 1. The number of fused-ring (bicyclic) bond motifs is 1. The number of β-amino-alcohol motifs (C(OH)–C–C–N with tert-alkyl or cyclic N) is 1. The second-order valence-corrected chi connectivity index (χ2v) is 8.24. The SMILES string of the molecule is Cc1ccc2c(C(O)CN3CCN(c4cccc(C)c4C)CC3)c(C)[nH]c2c1.Cl. The highest BCUT2D eigenvalue weighted by molar-refractivity contribution is 5.86. The lowest BCUT2D eigenvalue weighted by Gasteiger charge is -2.37. The van der Waals surface area contributed by atoms with Crippen LogP contribution in [0, 0.1) is 27.7 Å². The molecule has 2 heterocycles. The molecule has 0 aliphatic carbocycles. The van der Waals surface area contributed by atoms with E-state index in [0.29, 0.717) is 6.54 Å². The Balaban J connectivity index is 0.00000240. The summed E-state index contributed by atoms with van der Waals surface area (Å²) in [6.07, 6.45) is -0.469. The van der Waals surface area contributed by atoms with Gasteiger partial charge in [-0.1, -0.05) is 24.3 Å². The maximum absolute atomic E-state index is 11.0. The number of anilines is 1. The quantitative estimate of drug-likeness (QED) is 0.652. The number of aromatic amines is 1. The number of aliphatic hydroxyl groups excluding tert-OH is 1. The predicted octanol–water partition coefficient (Wildman–Crippen LogP) is 4.68. The normalized spacial score (nSPS) is 16.1. The molecule has 2 N–H and O–H groups in total. The Morgan fingerprint density at radius 2 is 1.72 bits per heavy atom. The van der Waals surface area contributed by atoms with Crippen LogP contribution >= 0.6 is 12.4 Å². The van der Waals surface area contributed by atoms with E-state index in [-0.39, 0.29) is 12.4 Å². The van der Waals surface area contributed by atoms with E-state index in [0.717, 1.165) is 48.3 Å². The third kappa shape index (κ3) is 4.30. The fourth-order valence-electron chi connectivity index (χ4n) is 4.48. The molecule has 2 aromatic carbocycles. The van der Waals surface area contributed by atoms with Gasteiger partial charge >= 0.3 is 0 Å². The summed E-state index contributed by atoms with van der Waals surface area (Å²) < 4.78 is 0. The zero-order valence-corrected chi connectivity index (χ0v) is 18.6. The van der Waals surface area contributed by atoms with Crippen molar-refractivity contribution in [2.24, 2.45) is 0 Å². The summed E-state index contributed by atoms with van der Waals surface area (Å²) in [7, 11) is 0. The molecule has 0 amide bonds. The van der Waals surface area contributed by atoms with Crippen molar-refractivity contribution in [1.82, 2.24) is 9.88 Å². The molecule has 4 nitrogen and oxygen atoms in total. The van der Waals surface area contributed by atoms with Gasteiger partial charge in [-0.3, -0.25) is 4.90 Å². The highest BCUT2D eigenvalue weighted by atomic mass is 35.5. The van der Waals surface area contributed by atoms with Crippen LogP contribution in [0.1, 0.15) is 34.1 Å². The predicted molar refractivity (Wildman–Crippen MR) is 125 cm³/mol. The van der Waals surface area contributed by atoms with E-state index < -0.39 is 6.10 Å². The highest BCUT2D eigenvalue weighted by Gasteiger charge is 2.23. The molecule has 0 radical (unpaired) electrons. The second kappa shape index (κ2) is 8.78. The van der Waals surface area contributed by atoms with E-state index in [1.807, 2.05) is 0 Å². The Hall–Kier alpha value is -2.01. The number of rotatable bonds is 4. The average molecular weight is 414 g/mol. The number of piperazine rings is 1. The molecule has 156 valence electrons. The minimum Gasteiger partial charge on any atom is -0.387 e. The maximum atomic E-state index is 11.0. The van der Waals surface area contributed by atoms with Gasteiger partial charge in [0.1, 0.15) is 0 Å². The van der Waals surface area contributed by atoms with Crippen molar-refractivity contribution in [2.75, 3.05) is 37.6 Å². The molecular formula is C24H32ClN3O. The van der Waals surface area contributed by atoms with Gasteiger partial charge in [-0.2, -0.15) is 0 Å². The summed E-state index contributed by atoms with van der Waals surface area (Å²) >= 11 is 0. The van der Waals surface area contributed by atoms with Crippen LogP contribution in [0.25, 0.3) is 10.9 Å². The third-order valence-corrected chi connectivity index (χ3v) is 6.24. The number of hydrogen-bond donors (Lipinski definition) is 2. The van der Waals surface area contributed by atoms with Crippen LogP contribution < -0.4 is 4.90 Å². The van der Waals surface area contributed by atoms with Crippen molar-refractivity contribution in [1.29, 1.82) is 0 Å². The molecule has 0 spiro atoms. The molecule has 4 rings (SSSR count). The van der Waals surface area contributed by atoms with Gasteiger partial charge in [0.05, 0.1) is 6.10 Å². The van der Waals surface area contributed by atoms with E-state index in [1.54, 1.807) is 0 Å². The summed E-state index contributed by atoms with van der Waals surface area (Å²) in [5, 5.41) is 12.1. The Morgan fingerprint density at radius 3 is 2.45 bits per heavy atom. The number of hydrogen-bond acceptors (Lipinski definition) is 3. The second-order valence-electron chi connectivity index (χ2n) is 8.24. The van der Waals surface area contributed by atoms with Crippen LogP contribution in [0.5, 0.6) is 0 Å². The van der Waals surface area contributed by atoms with Gasteiger partial charge in [-0.25, -0.2) is 0 Å². The molecule has 0 bridgehead atoms. The summed E-state index contributed by atoms with van der Waals surface area (Å²) in [6.45, 7) is 13.2. The number of aryl methyl sites for hydroxylation is 3. The van der Waals surface area contributed by atoms with E-state index in [9.17, 15) is 5.11 Å². The van der Waals surface area contributed by atoms with Crippen molar-refractivity contribution in [3.8, 4) is 0 Å². The molecule has 1 saturated heterocycles. The molecule has 1 atom stereocenters. The first-order valence-corrected chi connectivity index (χ1v) is 10.2. The van der Waals surface area contributed by atoms with Gasteiger partial charge in [0, 0.05) is 60.6 Å². The first kappa shape index (κ1) is 21.7. The van der Waals surface area contributed by atoms with Crippen LogP contribution in [0.4, 0.5) is 5.69 Å². The van der Waals surface area contributed by atoms with Crippen LogP contribution in [-0.4, -0.2) is 47.7 Å². The highest BCUT2D eigenvalue weighted by Crippen LogP contribution is 2.30. The minimum atomic E-state index is -0.469. The number of halogens is 1. The number of aliphatic hydroxyl groups is 1. The number of aromatic nitrogens is 1. The first-order chi connectivity index (χ1) is 13.4. The van der Waals surface area contributed by atoms with E-state index >= 15 is 0 Å². The van der Waals surface area contributed by atoms with Crippen LogP contribution in [0.3, 0.4) is 0 Å². The monoisotopic (exact) mass is 413 g/mol. The van der Waals surface area contributed by atoms with Gasteiger partial charge in [0.25, 0.3) is 0 Å². The van der Waals surface area contributed by atoms with Crippen molar-refractivity contribution in [3.63, 3.8) is 0 Å². The van der Waals surface area contributed by atoms with Gasteiger partial charge in [0.15, 0.2) is 0 Å². The van der Waals surface area contributed by atoms with Crippen molar-refractivity contribution < 1.29 is 5.11 Å². The molecule has 3 aromatic rings.